The van der Waals surface area contributed by atoms with E-state index in [1.54, 1.807) is 11.1 Å². The minimum Gasteiger partial charge on any atom is -0.0819 e. The first-order valence-corrected chi connectivity index (χ1v) is 12.3. The molecule has 0 bridgehead atoms. The highest BCUT2D eigenvalue weighted by Crippen LogP contribution is 2.65. The third-order valence-electron chi connectivity index (χ3n) is 9.28. The molecule has 1 unspecified atom stereocenters. The number of allylic oxidation sites excluding steroid dienone is 10. The van der Waals surface area contributed by atoms with Gasteiger partial charge in [-0.1, -0.05) is 81.2 Å². The monoisotopic (exact) mass is 390 g/mol. The van der Waals surface area contributed by atoms with E-state index in [9.17, 15) is 0 Å². The lowest BCUT2D eigenvalue weighted by Crippen LogP contribution is -2.49. The Morgan fingerprint density at radius 3 is 2.66 bits per heavy atom. The Balaban J connectivity index is 1.54. The second-order valence-electron chi connectivity index (χ2n) is 10.9. The van der Waals surface area contributed by atoms with E-state index in [4.69, 9.17) is 0 Å². The maximum Gasteiger partial charge on any atom is 0.0142 e. The second kappa shape index (κ2) is 8.09. The number of fused-ring (bicyclic) bond motifs is 5. The van der Waals surface area contributed by atoms with Crippen LogP contribution in [0.4, 0.5) is 0 Å². The lowest BCUT2D eigenvalue weighted by Gasteiger charge is -2.58. The highest BCUT2D eigenvalue weighted by molar-refractivity contribution is 5.52. The van der Waals surface area contributed by atoms with Crippen molar-refractivity contribution in [2.45, 2.75) is 92.4 Å². The van der Waals surface area contributed by atoms with Gasteiger partial charge in [-0.3, -0.25) is 0 Å². The average Bonchev–Trinajstić information content (AvgIpc) is 3.05. The first-order chi connectivity index (χ1) is 13.9. The molecule has 5 atom stereocenters. The fourth-order valence-corrected chi connectivity index (χ4v) is 7.68. The Morgan fingerprint density at radius 2 is 1.86 bits per heavy atom. The van der Waals surface area contributed by atoms with Gasteiger partial charge < -0.3 is 0 Å². The summed E-state index contributed by atoms with van der Waals surface area (Å²) in [5.74, 6) is 2.77. The van der Waals surface area contributed by atoms with Crippen LogP contribution in [0.25, 0.3) is 0 Å². The lowest BCUT2D eigenvalue weighted by molar-refractivity contribution is -0.0477. The van der Waals surface area contributed by atoms with Crippen molar-refractivity contribution in [3.8, 4) is 0 Å². The molecule has 29 heavy (non-hydrogen) atoms. The van der Waals surface area contributed by atoms with Crippen LogP contribution < -0.4 is 0 Å². The molecule has 0 heterocycles. The summed E-state index contributed by atoms with van der Waals surface area (Å²) in [4.78, 5) is 0. The molecule has 0 nitrogen and oxygen atoms in total. The SMILES string of the molecule is CCC=C(C)C=CC=C(C)C1=CC=C2[C@@H]3CCC4CCCC[C@]4(C)[C@H]3CC[C@]12C. The van der Waals surface area contributed by atoms with Crippen molar-refractivity contribution in [2.75, 3.05) is 0 Å². The van der Waals surface area contributed by atoms with Crippen LogP contribution in [0.1, 0.15) is 92.4 Å². The van der Waals surface area contributed by atoms with Crippen molar-refractivity contribution in [1.82, 2.24) is 0 Å². The number of rotatable bonds is 4. The highest BCUT2D eigenvalue weighted by atomic mass is 14.6. The Labute approximate surface area is 179 Å². The van der Waals surface area contributed by atoms with E-state index in [0.717, 1.165) is 24.2 Å². The molecule has 4 aliphatic rings. The summed E-state index contributed by atoms with van der Waals surface area (Å²) < 4.78 is 0. The maximum absolute atomic E-state index is 2.67. The Bertz CT molecular complexity index is 785. The summed E-state index contributed by atoms with van der Waals surface area (Å²) in [6, 6.07) is 0. The smallest absolute Gasteiger partial charge is 0.0142 e. The fraction of sp³-hybridized carbons (Fsp3) is 0.655. The van der Waals surface area contributed by atoms with Gasteiger partial charge in [0.15, 0.2) is 0 Å². The van der Waals surface area contributed by atoms with Crippen LogP contribution in [0.2, 0.25) is 0 Å². The van der Waals surface area contributed by atoms with Gasteiger partial charge in [0.05, 0.1) is 0 Å². The zero-order valence-electron chi connectivity index (χ0n) is 19.6. The molecule has 0 aromatic carbocycles. The molecule has 0 aromatic rings. The van der Waals surface area contributed by atoms with Crippen molar-refractivity contribution < 1.29 is 0 Å². The minimum atomic E-state index is 0.280. The summed E-state index contributed by atoms with van der Waals surface area (Å²) >= 11 is 0. The molecule has 3 fully saturated rings. The van der Waals surface area contributed by atoms with Crippen molar-refractivity contribution in [3.05, 3.63) is 58.7 Å². The Kier molecular flexibility index (Phi) is 5.84. The summed E-state index contributed by atoms with van der Waals surface area (Å²) in [5.41, 5.74) is 7.08. The van der Waals surface area contributed by atoms with Gasteiger partial charge in [-0.15, -0.1) is 0 Å². The molecule has 0 spiro atoms. The molecule has 0 aromatic heterocycles. The maximum atomic E-state index is 2.67. The molecule has 0 aliphatic heterocycles. The average molecular weight is 391 g/mol. The van der Waals surface area contributed by atoms with E-state index in [1.165, 1.54) is 62.5 Å². The Hall–Kier alpha value is -1.30. The second-order valence-corrected chi connectivity index (χ2v) is 10.9. The molecule has 0 amide bonds. The number of hydrogen-bond donors (Lipinski definition) is 0. The van der Waals surface area contributed by atoms with Gasteiger partial charge in [-0.25, -0.2) is 0 Å². The third kappa shape index (κ3) is 3.55. The topological polar surface area (TPSA) is 0 Å². The van der Waals surface area contributed by atoms with E-state index in [0.29, 0.717) is 5.41 Å². The predicted octanol–water partition coefficient (Wildman–Crippen LogP) is 8.73. The van der Waals surface area contributed by atoms with Crippen molar-refractivity contribution in [3.63, 3.8) is 0 Å². The summed E-state index contributed by atoms with van der Waals surface area (Å²) in [5, 5.41) is 0. The molecule has 0 saturated heterocycles. The third-order valence-corrected chi connectivity index (χ3v) is 9.28. The standard InChI is InChI=1S/C29H42/c1-6-10-21(2)11-9-12-22(3)25-16-17-26-24-15-14-23-13-7-8-19-28(23,4)27(24)18-20-29(25,26)5/h9-12,16-17,23-24,27H,6-8,13-15,18-20H2,1-5H3/t23?,24-,27-,28-,29+/m0/s1. The van der Waals surface area contributed by atoms with Gasteiger partial charge in [0.1, 0.15) is 0 Å². The van der Waals surface area contributed by atoms with Gasteiger partial charge in [0, 0.05) is 5.41 Å². The largest absolute Gasteiger partial charge is 0.0819 e. The van der Waals surface area contributed by atoms with Crippen LogP contribution in [-0.2, 0) is 0 Å². The van der Waals surface area contributed by atoms with E-state index < -0.39 is 0 Å². The van der Waals surface area contributed by atoms with Crippen LogP contribution in [0, 0.1) is 28.6 Å². The predicted molar refractivity (Wildman–Crippen MR) is 127 cm³/mol. The zero-order valence-corrected chi connectivity index (χ0v) is 19.6. The summed E-state index contributed by atoms with van der Waals surface area (Å²) in [6.07, 6.45) is 26.9. The van der Waals surface area contributed by atoms with Crippen LogP contribution in [0.15, 0.2) is 58.7 Å². The van der Waals surface area contributed by atoms with Gasteiger partial charge in [0.25, 0.3) is 0 Å². The van der Waals surface area contributed by atoms with E-state index in [1.807, 2.05) is 0 Å². The zero-order chi connectivity index (χ0) is 20.6. The lowest BCUT2D eigenvalue weighted by atomic mass is 9.46. The van der Waals surface area contributed by atoms with Crippen LogP contribution >= 0.6 is 0 Å². The van der Waals surface area contributed by atoms with Crippen LogP contribution in [0.5, 0.6) is 0 Å². The first-order valence-electron chi connectivity index (χ1n) is 12.3. The Morgan fingerprint density at radius 1 is 1.03 bits per heavy atom. The van der Waals surface area contributed by atoms with Gasteiger partial charge in [-0.05, 0) is 93.1 Å². The fourth-order valence-electron chi connectivity index (χ4n) is 7.68. The normalized spacial score (nSPS) is 40.2. The number of hydrogen-bond acceptors (Lipinski definition) is 0. The molecule has 158 valence electrons. The molecule has 3 saturated carbocycles. The summed E-state index contributed by atoms with van der Waals surface area (Å²) in [7, 11) is 0. The molecule has 0 N–H and O–H groups in total. The van der Waals surface area contributed by atoms with Crippen molar-refractivity contribution in [2.24, 2.45) is 28.6 Å². The summed E-state index contributed by atoms with van der Waals surface area (Å²) in [6.45, 7) is 11.9. The van der Waals surface area contributed by atoms with E-state index in [-0.39, 0.29) is 5.41 Å². The quantitative estimate of drug-likeness (QED) is 0.421. The van der Waals surface area contributed by atoms with Gasteiger partial charge in [0.2, 0.25) is 0 Å². The van der Waals surface area contributed by atoms with Crippen LogP contribution in [0.3, 0.4) is 0 Å². The van der Waals surface area contributed by atoms with Gasteiger partial charge >= 0.3 is 0 Å². The first kappa shape index (κ1) is 21.0. The van der Waals surface area contributed by atoms with Crippen molar-refractivity contribution in [1.29, 1.82) is 0 Å². The van der Waals surface area contributed by atoms with Gasteiger partial charge in [-0.2, -0.15) is 0 Å². The molecular weight excluding hydrogens is 348 g/mol. The molecule has 4 aliphatic carbocycles. The van der Waals surface area contributed by atoms with E-state index in [2.05, 4.69) is 71.1 Å². The molecule has 4 rings (SSSR count). The highest BCUT2D eigenvalue weighted by Gasteiger charge is 2.55. The van der Waals surface area contributed by atoms with Crippen LogP contribution in [-0.4, -0.2) is 0 Å². The molecule has 0 heteroatoms. The minimum absolute atomic E-state index is 0.280. The molecule has 0 radical (unpaired) electrons. The van der Waals surface area contributed by atoms with E-state index >= 15 is 0 Å². The van der Waals surface area contributed by atoms with Crippen molar-refractivity contribution >= 4 is 0 Å². The molecular formula is C29H42.